The predicted molar refractivity (Wildman–Crippen MR) is 131 cm³/mol. The minimum absolute atomic E-state index is 0.290. The monoisotopic (exact) mass is 543 g/mol. The third kappa shape index (κ3) is 4.83. The maximum Gasteiger partial charge on any atom is 0.166 e. The number of aromatic nitrogens is 1. The smallest absolute Gasteiger partial charge is 0.166 e. The normalized spacial score (nSPS) is 11.9. The van der Waals surface area contributed by atoms with Crippen LogP contribution < -0.4 is 11.2 Å². The number of anilines is 2. The van der Waals surface area contributed by atoms with E-state index in [-0.39, 0.29) is 5.82 Å². The number of pyridine rings is 1. The molecule has 0 fully saturated rings. The highest BCUT2D eigenvalue weighted by atomic mass is 127. The average Bonchev–Trinajstić information content (AvgIpc) is 2.76. The molecule has 0 bridgehead atoms. The quantitative estimate of drug-likeness (QED) is 0.132. The molecule has 6 nitrogen and oxygen atoms in total. The maximum atomic E-state index is 13.7. The molecule has 0 aliphatic heterocycles. The summed E-state index contributed by atoms with van der Waals surface area (Å²) < 4.78 is 28.0. The Morgan fingerprint density at radius 1 is 1.06 bits per heavy atom. The lowest BCUT2D eigenvalue weighted by molar-refractivity contribution is 0.432. The van der Waals surface area contributed by atoms with Crippen molar-refractivity contribution in [1.29, 1.82) is 0 Å². The van der Waals surface area contributed by atoms with Gasteiger partial charge in [0.25, 0.3) is 0 Å². The van der Waals surface area contributed by atoms with Crippen molar-refractivity contribution in [3.63, 3.8) is 0 Å². The molecule has 0 spiro atoms. The van der Waals surface area contributed by atoms with Gasteiger partial charge in [0, 0.05) is 26.4 Å². The van der Waals surface area contributed by atoms with Crippen LogP contribution in [0.1, 0.15) is 5.69 Å². The van der Waals surface area contributed by atoms with E-state index in [0.29, 0.717) is 28.3 Å². The van der Waals surface area contributed by atoms with Crippen LogP contribution in [0.2, 0.25) is 0 Å². The summed E-state index contributed by atoms with van der Waals surface area (Å²) in [5.74, 6) is 3.97. The summed E-state index contributed by atoms with van der Waals surface area (Å²) in [7, 11) is 0. The fraction of sp³-hybridized carbons (Fsp3) is 0. The molecule has 9 heteroatoms. The molecule has 4 rings (SSSR count). The summed E-state index contributed by atoms with van der Waals surface area (Å²) in [6.45, 7) is 0. The van der Waals surface area contributed by atoms with Crippen molar-refractivity contribution in [1.82, 2.24) is 4.98 Å². The molecule has 0 saturated heterocycles. The van der Waals surface area contributed by atoms with Crippen LogP contribution in [0.3, 0.4) is 0 Å². The summed E-state index contributed by atoms with van der Waals surface area (Å²) in [5.41, 5.74) is 3.12. The van der Waals surface area contributed by atoms with Crippen molar-refractivity contribution in [3.8, 4) is 5.75 Å². The molecule has 0 aliphatic carbocycles. The third-order valence-electron chi connectivity index (χ3n) is 4.54. The number of benzene rings is 3. The van der Waals surface area contributed by atoms with Crippen LogP contribution in [0.5, 0.6) is 5.75 Å². The van der Waals surface area contributed by atoms with Gasteiger partial charge in [0.2, 0.25) is 0 Å². The SMILES string of the molecule is NN=C(C=Nc1ccc(O)c(F)c1)c1ccc2c(Nc3cc(F)cc(I)c3)cccc2n1. The van der Waals surface area contributed by atoms with Gasteiger partial charge < -0.3 is 16.3 Å². The van der Waals surface area contributed by atoms with Crippen LogP contribution in [-0.2, 0) is 0 Å². The van der Waals surface area contributed by atoms with Crippen molar-refractivity contribution in [2.24, 2.45) is 15.9 Å². The van der Waals surface area contributed by atoms with E-state index < -0.39 is 11.6 Å². The summed E-state index contributed by atoms with van der Waals surface area (Å²) in [6.07, 6.45) is 1.37. The summed E-state index contributed by atoms with van der Waals surface area (Å²) in [5, 5.41) is 17.1. The van der Waals surface area contributed by atoms with Gasteiger partial charge in [0.05, 0.1) is 23.1 Å². The predicted octanol–water partition coefficient (Wildman–Crippen LogP) is 5.63. The minimum atomic E-state index is -0.775. The van der Waals surface area contributed by atoms with Crippen LogP contribution in [-0.4, -0.2) is 22.0 Å². The van der Waals surface area contributed by atoms with E-state index in [2.05, 4.69) is 43.0 Å². The van der Waals surface area contributed by atoms with Gasteiger partial charge in [-0.15, -0.1) is 0 Å². The molecular formula is C23H16F2IN5O. The van der Waals surface area contributed by atoms with Gasteiger partial charge >= 0.3 is 0 Å². The molecule has 0 aliphatic rings. The number of nitrogens with two attached hydrogens (primary N) is 1. The van der Waals surface area contributed by atoms with Gasteiger partial charge in [-0.25, -0.2) is 13.8 Å². The Morgan fingerprint density at radius 3 is 2.66 bits per heavy atom. The Hall–Kier alpha value is -3.60. The van der Waals surface area contributed by atoms with Gasteiger partial charge in [0.15, 0.2) is 11.6 Å². The van der Waals surface area contributed by atoms with E-state index in [0.717, 1.165) is 20.7 Å². The first-order chi connectivity index (χ1) is 15.4. The number of nitrogens with one attached hydrogen (secondary N) is 1. The molecular weight excluding hydrogens is 527 g/mol. The van der Waals surface area contributed by atoms with E-state index in [1.807, 2.05) is 30.3 Å². The molecule has 4 aromatic rings. The van der Waals surface area contributed by atoms with Gasteiger partial charge in [-0.2, -0.15) is 5.10 Å². The van der Waals surface area contributed by atoms with Crippen LogP contribution in [0.4, 0.5) is 25.8 Å². The Kier molecular flexibility index (Phi) is 6.26. The van der Waals surface area contributed by atoms with E-state index in [4.69, 9.17) is 5.84 Å². The molecule has 160 valence electrons. The molecule has 3 aromatic carbocycles. The Balaban J connectivity index is 1.64. The van der Waals surface area contributed by atoms with Crippen molar-refractivity contribution >= 4 is 62.5 Å². The zero-order chi connectivity index (χ0) is 22.7. The second kappa shape index (κ2) is 9.27. The Morgan fingerprint density at radius 2 is 1.91 bits per heavy atom. The number of aliphatic imine (C=N–C) groups is 1. The molecule has 0 amide bonds. The summed E-state index contributed by atoms with van der Waals surface area (Å²) in [6, 6.07) is 17.6. The molecule has 1 heterocycles. The van der Waals surface area contributed by atoms with Gasteiger partial charge in [-0.05, 0) is 77.2 Å². The lowest BCUT2D eigenvalue weighted by atomic mass is 10.1. The number of aromatic hydroxyl groups is 1. The Labute approximate surface area is 195 Å². The van der Waals surface area contributed by atoms with Crippen molar-refractivity contribution < 1.29 is 13.9 Å². The van der Waals surface area contributed by atoms with Crippen LogP contribution in [0, 0.1) is 15.2 Å². The zero-order valence-electron chi connectivity index (χ0n) is 16.4. The third-order valence-corrected chi connectivity index (χ3v) is 5.16. The number of halogens is 3. The molecule has 4 N–H and O–H groups in total. The number of phenolic OH excluding ortho intramolecular Hbond substituents is 1. The van der Waals surface area contributed by atoms with Crippen LogP contribution in [0.25, 0.3) is 10.9 Å². The molecule has 0 saturated carbocycles. The number of hydrogen-bond acceptors (Lipinski definition) is 6. The topological polar surface area (TPSA) is 95.9 Å². The molecule has 0 radical (unpaired) electrons. The first-order valence-corrected chi connectivity index (χ1v) is 10.4. The highest BCUT2D eigenvalue weighted by Crippen LogP contribution is 2.27. The Bertz CT molecular complexity index is 1350. The maximum absolute atomic E-state index is 13.7. The number of phenols is 1. The molecule has 32 heavy (non-hydrogen) atoms. The average molecular weight is 543 g/mol. The lowest BCUT2D eigenvalue weighted by Gasteiger charge is -2.11. The standard InChI is InChI=1S/C23H16F2IN5O/c24-13-8-14(26)10-16(9-13)29-19-2-1-3-20-17(19)5-6-21(30-20)22(31-27)12-28-15-4-7-23(32)18(25)11-15/h1-12,29,32H,27H2. The van der Waals surface area contributed by atoms with E-state index in [9.17, 15) is 13.9 Å². The van der Waals surface area contributed by atoms with Gasteiger partial charge in [-0.3, -0.25) is 4.99 Å². The largest absolute Gasteiger partial charge is 0.505 e. The zero-order valence-corrected chi connectivity index (χ0v) is 18.6. The van der Waals surface area contributed by atoms with Gasteiger partial charge in [-0.1, -0.05) is 6.07 Å². The highest BCUT2D eigenvalue weighted by Gasteiger charge is 2.09. The van der Waals surface area contributed by atoms with Crippen molar-refractivity contribution in [2.45, 2.75) is 0 Å². The van der Waals surface area contributed by atoms with E-state index in [1.165, 1.54) is 30.5 Å². The lowest BCUT2D eigenvalue weighted by Crippen LogP contribution is -2.08. The first-order valence-electron chi connectivity index (χ1n) is 9.36. The highest BCUT2D eigenvalue weighted by molar-refractivity contribution is 14.1. The summed E-state index contributed by atoms with van der Waals surface area (Å²) in [4.78, 5) is 8.75. The first kappa shape index (κ1) is 21.6. The number of hydrazone groups is 1. The molecule has 0 atom stereocenters. The van der Waals surface area contributed by atoms with Crippen molar-refractivity contribution in [2.75, 3.05) is 5.32 Å². The van der Waals surface area contributed by atoms with E-state index in [1.54, 1.807) is 6.07 Å². The number of rotatable bonds is 5. The van der Waals surface area contributed by atoms with Gasteiger partial charge in [0.1, 0.15) is 11.5 Å². The number of hydrogen-bond donors (Lipinski definition) is 3. The van der Waals surface area contributed by atoms with Crippen LogP contribution >= 0.6 is 22.6 Å². The number of nitrogens with zero attached hydrogens (tertiary/aromatic N) is 3. The second-order valence-corrected chi connectivity index (χ2v) is 8.01. The minimum Gasteiger partial charge on any atom is -0.505 e. The fourth-order valence-corrected chi connectivity index (χ4v) is 3.70. The van der Waals surface area contributed by atoms with E-state index >= 15 is 0 Å². The number of fused-ring (bicyclic) bond motifs is 1. The van der Waals surface area contributed by atoms with Crippen molar-refractivity contribution in [3.05, 3.63) is 87.6 Å². The second-order valence-electron chi connectivity index (χ2n) is 6.76. The summed E-state index contributed by atoms with van der Waals surface area (Å²) >= 11 is 2.06. The fourth-order valence-electron chi connectivity index (χ4n) is 3.07. The van der Waals surface area contributed by atoms with Crippen LogP contribution in [0.15, 0.2) is 76.8 Å². The molecule has 0 unspecified atom stereocenters. The molecule has 1 aromatic heterocycles.